The van der Waals surface area contributed by atoms with Crippen molar-refractivity contribution in [3.8, 4) is 17.2 Å². The number of carbonyl (C=O) groups is 1. The summed E-state index contributed by atoms with van der Waals surface area (Å²) in [5.74, 6) is 2.69. The van der Waals surface area contributed by atoms with Gasteiger partial charge in [0.25, 0.3) is 0 Å². The molecule has 2 aromatic rings. The minimum Gasteiger partial charge on any atom is -0.497 e. The van der Waals surface area contributed by atoms with Crippen LogP contribution in [0.15, 0.2) is 42.5 Å². The van der Waals surface area contributed by atoms with Gasteiger partial charge in [-0.15, -0.1) is 0 Å². The number of amides is 1. The maximum Gasteiger partial charge on any atom is 0.234 e. The number of fused-ring (bicyclic) bond motifs is 1. The summed E-state index contributed by atoms with van der Waals surface area (Å²) in [6.45, 7) is 6.73. The van der Waals surface area contributed by atoms with Crippen molar-refractivity contribution in [3.63, 3.8) is 0 Å². The van der Waals surface area contributed by atoms with Crippen LogP contribution in [0.4, 0.5) is 0 Å². The fourth-order valence-electron chi connectivity index (χ4n) is 4.13. The van der Waals surface area contributed by atoms with Crippen LogP contribution >= 0.6 is 0 Å². The molecule has 32 heavy (non-hydrogen) atoms. The molecule has 1 unspecified atom stereocenters. The Balaban J connectivity index is 1.42. The molecule has 1 aliphatic carbocycles. The molecule has 1 aliphatic heterocycles. The molecule has 0 aromatic heterocycles. The zero-order valence-electron chi connectivity index (χ0n) is 19.3. The molecule has 1 amide bonds. The summed E-state index contributed by atoms with van der Waals surface area (Å²) in [4.78, 5) is 15.4. The second-order valence-electron chi connectivity index (χ2n) is 9.03. The normalized spacial score (nSPS) is 16.5. The molecule has 1 fully saturated rings. The smallest absolute Gasteiger partial charge is 0.234 e. The van der Waals surface area contributed by atoms with Crippen molar-refractivity contribution >= 4 is 5.91 Å². The standard InChI is InChI=1S/C26H34N2O4/c1-18(2)26(20-7-12-23-24(15-20)32-14-4-13-31-23)27-25(29)17-28(21-8-9-21)16-19-5-10-22(30-3)11-6-19/h5-7,10-12,15,18,21,26H,4,8-9,13-14,16-17H2,1-3H3,(H,27,29). The van der Waals surface area contributed by atoms with Crippen molar-refractivity contribution in [2.45, 2.75) is 51.7 Å². The van der Waals surface area contributed by atoms with E-state index < -0.39 is 0 Å². The van der Waals surface area contributed by atoms with Crippen LogP contribution in [0.5, 0.6) is 17.2 Å². The third-order valence-electron chi connectivity index (χ3n) is 6.07. The van der Waals surface area contributed by atoms with Gasteiger partial charge in [0.1, 0.15) is 5.75 Å². The monoisotopic (exact) mass is 438 g/mol. The first-order valence-corrected chi connectivity index (χ1v) is 11.6. The van der Waals surface area contributed by atoms with E-state index in [1.54, 1.807) is 7.11 Å². The topological polar surface area (TPSA) is 60.0 Å². The van der Waals surface area contributed by atoms with Crippen LogP contribution in [0.1, 0.15) is 50.3 Å². The van der Waals surface area contributed by atoms with Crippen molar-refractivity contribution in [3.05, 3.63) is 53.6 Å². The third kappa shape index (κ3) is 5.74. The number of hydrogen-bond donors (Lipinski definition) is 1. The van der Waals surface area contributed by atoms with Crippen molar-refractivity contribution in [1.29, 1.82) is 0 Å². The first-order valence-electron chi connectivity index (χ1n) is 11.6. The van der Waals surface area contributed by atoms with Crippen LogP contribution in [-0.2, 0) is 11.3 Å². The van der Waals surface area contributed by atoms with Gasteiger partial charge in [0.05, 0.1) is 32.9 Å². The zero-order chi connectivity index (χ0) is 22.5. The fourth-order valence-corrected chi connectivity index (χ4v) is 4.13. The van der Waals surface area contributed by atoms with Gasteiger partial charge >= 0.3 is 0 Å². The molecule has 0 bridgehead atoms. The molecule has 0 saturated heterocycles. The highest BCUT2D eigenvalue weighted by molar-refractivity contribution is 5.78. The molecule has 1 heterocycles. The lowest BCUT2D eigenvalue weighted by molar-refractivity contribution is -0.123. The Hall–Kier alpha value is -2.73. The lowest BCUT2D eigenvalue weighted by atomic mass is 9.95. The summed E-state index contributed by atoms with van der Waals surface area (Å²) >= 11 is 0. The van der Waals surface area contributed by atoms with E-state index in [0.29, 0.717) is 25.8 Å². The van der Waals surface area contributed by atoms with Crippen molar-refractivity contribution in [2.24, 2.45) is 5.92 Å². The molecule has 1 N–H and O–H groups in total. The molecule has 2 aliphatic rings. The number of rotatable bonds is 9. The number of carbonyl (C=O) groups excluding carboxylic acids is 1. The first-order chi connectivity index (χ1) is 15.5. The van der Waals surface area contributed by atoms with E-state index in [1.807, 2.05) is 30.3 Å². The van der Waals surface area contributed by atoms with Gasteiger partial charge in [0.2, 0.25) is 5.91 Å². The fraction of sp³-hybridized carbons (Fsp3) is 0.500. The van der Waals surface area contributed by atoms with E-state index in [2.05, 4.69) is 36.2 Å². The largest absolute Gasteiger partial charge is 0.497 e. The minimum atomic E-state index is -0.0818. The van der Waals surface area contributed by atoms with Crippen LogP contribution in [0.3, 0.4) is 0 Å². The number of benzene rings is 2. The third-order valence-corrected chi connectivity index (χ3v) is 6.07. The molecule has 1 atom stereocenters. The van der Waals surface area contributed by atoms with Gasteiger partial charge in [-0.05, 0) is 54.2 Å². The van der Waals surface area contributed by atoms with E-state index in [-0.39, 0.29) is 17.9 Å². The molecule has 1 saturated carbocycles. The highest BCUT2D eigenvalue weighted by Crippen LogP contribution is 2.34. The average molecular weight is 439 g/mol. The Labute approximate surface area is 190 Å². The van der Waals surface area contributed by atoms with Crippen molar-refractivity contribution in [2.75, 3.05) is 26.9 Å². The molecule has 4 rings (SSSR count). The van der Waals surface area contributed by atoms with E-state index in [1.165, 1.54) is 5.56 Å². The Morgan fingerprint density at radius 1 is 1.09 bits per heavy atom. The molecular formula is C26H34N2O4. The molecule has 6 nitrogen and oxygen atoms in total. The summed E-state index contributed by atoms with van der Waals surface area (Å²) < 4.78 is 16.9. The van der Waals surface area contributed by atoms with E-state index in [0.717, 1.165) is 48.6 Å². The average Bonchev–Trinajstić information content (AvgIpc) is 3.64. The van der Waals surface area contributed by atoms with Crippen molar-refractivity contribution < 1.29 is 19.0 Å². The van der Waals surface area contributed by atoms with Crippen LogP contribution in [0.25, 0.3) is 0 Å². The summed E-state index contributed by atoms with van der Waals surface area (Å²) in [6, 6.07) is 14.5. The van der Waals surface area contributed by atoms with Crippen LogP contribution in [0, 0.1) is 5.92 Å². The van der Waals surface area contributed by atoms with Gasteiger partial charge in [0.15, 0.2) is 11.5 Å². The second-order valence-corrected chi connectivity index (χ2v) is 9.03. The summed E-state index contributed by atoms with van der Waals surface area (Å²) in [7, 11) is 1.67. The number of ether oxygens (including phenoxy) is 3. The maximum atomic E-state index is 13.1. The highest BCUT2D eigenvalue weighted by Gasteiger charge is 2.31. The number of nitrogens with zero attached hydrogens (tertiary/aromatic N) is 1. The van der Waals surface area contributed by atoms with E-state index >= 15 is 0 Å². The van der Waals surface area contributed by atoms with Gasteiger partial charge in [-0.25, -0.2) is 0 Å². The Morgan fingerprint density at radius 3 is 2.47 bits per heavy atom. The number of nitrogens with one attached hydrogen (secondary N) is 1. The summed E-state index contributed by atoms with van der Waals surface area (Å²) in [5, 5.41) is 3.28. The van der Waals surface area contributed by atoms with Gasteiger partial charge in [-0.1, -0.05) is 32.0 Å². The van der Waals surface area contributed by atoms with Gasteiger partial charge in [-0.3, -0.25) is 9.69 Å². The second kappa shape index (κ2) is 10.3. The predicted molar refractivity (Wildman–Crippen MR) is 124 cm³/mol. The number of methoxy groups -OCH3 is 1. The molecule has 172 valence electrons. The van der Waals surface area contributed by atoms with Gasteiger partial charge in [-0.2, -0.15) is 0 Å². The quantitative estimate of drug-likeness (QED) is 0.631. The zero-order valence-corrected chi connectivity index (χ0v) is 19.3. The van der Waals surface area contributed by atoms with Crippen LogP contribution < -0.4 is 19.5 Å². The summed E-state index contributed by atoms with van der Waals surface area (Å²) in [5.41, 5.74) is 2.24. The maximum absolute atomic E-state index is 13.1. The lowest BCUT2D eigenvalue weighted by Crippen LogP contribution is -2.40. The molecule has 0 spiro atoms. The highest BCUT2D eigenvalue weighted by atomic mass is 16.5. The van der Waals surface area contributed by atoms with Crippen molar-refractivity contribution in [1.82, 2.24) is 10.2 Å². The van der Waals surface area contributed by atoms with Crippen LogP contribution in [-0.4, -0.2) is 43.7 Å². The molecule has 2 aromatic carbocycles. The molecular weight excluding hydrogens is 404 g/mol. The van der Waals surface area contributed by atoms with Crippen LogP contribution in [0.2, 0.25) is 0 Å². The molecule has 0 radical (unpaired) electrons. The Bertz CT molecular complexity index is 909. The first kappa shape index (κ1) is 22.5. The van der Waals surface area contributed by atoms with Gasteiger partial charge in [0, 0.05) is 19.0 Å². The predicted octanol–water partition coefficient (Wildman–Crippen LogP) is 4.33. The Kier molecular flexibility index (Phi) is 7.20. The molecule has 6 heteroatoms. The summed E-state index contributed by atoms with van der Waals surface area (Å²) in [6.07, 6.45) is 3.18. The number of hydrogen-bond acceptors (Lipinski definition) is 5. The van der Waals surface area contributed by atoms with E-state index in [4.69, 9.17) is 14.2 Å². The lowest BCUT2D eigenvalue weighted by Gasteiger charge is -2.27. The Morgan fingerprint density at radius 2 is 1.81 bits per heavy atom. The SMILES string of the molecule is COc1ccc(CN(CC(=O)NC(c2ccc3c(c2)OCCCO3)C(C)C)C2CC2)cc1. The van der Waals surface area contributed by atoms with Gasteiger partial charge < -0.3 is 19.5 Å². The van der Waals surface area contributed by atoms with E-state index in [9.17, 15) is 4.79 Å². The minimum absolute atomic E-state index is 0.0521.